The topological polar surface area (TPSA) is 140 Å². The first-order chi connectivity index (χ1) is 17.3. The number of hydrogen-bond donors (Lipinski definition) is 5. The van der Waals surface area contributed by atoms with Gasteiger partial charge in [-0.05, 0) is 31.9 Å². The molecule has 0 fully saturated rings. The third-order valence-corrected chi connectivity index (χ3v) is 6.39. The number of carboxylic acids is 1. The first kappa shape index (κ1) is 23.2. The molecule has 3 heterocycles. The van der Waals surface area contributed by atoms with Crippen LogP contribution in [0.2, 0.25) is 0 Å². The van der Waals surface area contributed by atoms with Gasteiger partial charge in [-0.25, -0.2) is 4.79 Å². The van der Waals surface area contributed by atoms with Crippen molar-refractivity contribution in [3.05, 3.63) is 88.7 Å². The van der Waals surface area contributed by atoms with Gasteiger partial charge in [0.2, 0.25) is 17.3 Å². The molecular formula is C28H24N2O6. The number of allylic oxidation sites excluding steroid dienone is 1. The van der Waals surface area contributed by atoms with Crippen LogP contribution >= 0.6 is 0 Å². The number of benzene rings is 2. The van der Waals surface area contributed by atoms with Gasteiger partial charge >= 0.3 is 5.97 Å². The molecule has 0 saturated carbocycles. The molecule has 0 saturated heterocycles. The number of hydrogen-bond acceptors (Lipinski definition) is 5. The lowest BCUT2D eigenvalue weighted by atomic mass is 9.99. The van der Waals surface area contributed by atoms with Crippen LogP contribution in [0.1, 0.15) is 44.9 Å². The first-order valence-corrected chi connectivity index (χ1v) is 11.4. The Morgan fingerprint density at radius 1 is 1.03 bits per heavy atom. The third kappa shape index (κ3) is 3.68. The molecule has 0 unspecified atom stereocenters. The van der Waals surface area contributed by atoms with Gasteiger partial charge in [0.15, 0.2) is 5.75 Å². The minimum absolute atomic E-state index is 0.0354. The predicted molar refractivity (Wildman–Crippen MR) is 136 cm³/mol. The molecule has 182 valence electrons. The van der Waals surface area contributed by atoms with Crippen LogP contribution < -0.4 is 0 Å². The lowest BCUT2D eigenvalue weighted by Crippen LogP contribution is -1.99. The number of aromatic amines is 2. The van der Waals surface area contributed by atoms with E-state index in [1.165, 1.54) is 6.20 Å². The number of para-hydroxylation sites is 2. The van der Waals surface area contributed by atoms with Crippen molar-refractivity contribution in [2.75, 3.05) is 6.61 Å². The number of H-pyrrole nitrogens is 2. The highest BCUT2D eigenvalue weighted by Gasteiger charge is 2.33. The van der Waals surface area contributed by atoms with Gasteiger partial charge in [0.25, 0.3) is 0 Å². The number of carbonyl (C=O) groups is 2. The van der Waals surface area contributed by atoms with E-state index in [-0.39, 0.29) is 17.7 Å². The molecule has 2 aromatic carbocycles. The van der Waals surface area contributed by atoms with Gasteiger partial charge in [-0.3, -0.25) is 4.79 Å². The van der Waals surface area contributed by atoms with Gasteiger partial charge in [-0.1, -0.05) is 48.0 Å². The number of aliphatic hydroxyl groups excluding tert-OH is 1. The second-order valence-electron chi connectivity index (χ2n) is 8.74. The third-order valence-electron chi connectivity index (χ3n) is 6.39. The molecule has 0 atom stereocenters. The molecule has 8 heteroatoms. The number of nitrogens with one attached hydrogen (secondary N) is 2. The van der Waals surface area contributed by atoms with E-state index < -0.39 is 29.0 Å². The fraction of sp³-hybridized carbons (Fsp3) is 0.143. The fourth-order valence-electron chi connectivity index (χ4n) is 4.60. The molecule has 3 aromatic heterocycles. The molecule has 36 heavy (non-hydrogen) atoms. The summed E-state index contributed by atoms with van der Waals surface area (Å²) in [5.74, 6) is -3.49. The van der Waals surface area contributed by atoms with E-state index in [1.807, 2.05) is 49.4 Å². The Morgan fingerprint density at radius 3 is 2.53 bits per heavy atom. The number of furan rings is 1. The quantitative estimate of drug-likeness (QED) is 0.156. The number of aliphatic hydroxyl groups is 1. The van der Waals surface area contributed by atoms with Crippen molar-refractivity contribution >= 4 is 33.6 Å². The number of carboxylic acid groups (broad SMARTS) is 1. The van der Waals surface area contributed by atoms with Crippen LogP contribution in [0, 0.1) is 6.92 Å². The zero-order chi connectivity index (χ0) is 25.6. The average molecular weight is 485 g/mol. The molecule has 5 aromatic rings. The average Bonchev–Trinajstić information content (AvgIpc) is 3.54. The highest BCUT2D eigenvalue weighted by Crippen LogP contribution is 2.44. The van der Waals surface area contributed by atoms with Gasteiger partial charge < -0.3 is 29.7 Å². The van der Waals surface area contributed by atoms with Gasteiger partial charge in [0.05, 0.1) is 17.7 Å². The van der Waals surface area contributed by atoms with Gasteiger partial charge in [-0.15, -0.1) is 0 Å². The largest absolute Gasteiger partial charge is 0.504 e. The predicted octanol–water partition coefficient (Wildman–Crippen LogP) is 5.33. The maximum absolute atomic E-state index is 13.6. The summed E-state index contributed by atoms with van der Waals surface area (Å²) in [7, 11) is 0. The molecule has 0 amide bonds. The second kappa shape index (κ2) is 8.90. The molecule has 5 N–H and O–H groups in total. The van der Waals surface area contributed by atoms with Crippen molar-refractivity contribution in [3.8, 4) is 16.9 Å². The first-order valence-electron chi connectivity index (χ1n) is 11.4. The van der Waals surface area contributed by atoms with Crippen molar-refractivity contribution in [2.24, 2.45) is 0 Å². The van der Waals surface area contributed by atoms with Crippen molar-refractivity contribution < 1.29 is 29.3 Å². The van der Waals surface area contributed by atoms with Crippen LogP contribution in [0.25, 0.3) is 32.9 Å². The maximum Gasteiger partial charge on any atom is 0.372 e. The standard InChI is InChI=1S/C28H24N2O6/c1-14(13-31)10-11-16-6-5-8-17-19(12-29-23(16)17)24(32)27-25(33)22(26(36-27)28(34)35)21-15(2)30-20-9-4-3-7-18(20)21/h3-10,12,29-31,33H,11,13H2,1-2H3,(H,34,35). The van der Waals surface area contributed by atoms with E-state index in [0.29, 0.717) is 28.5 Å². The Labute approximate surface area is 205 Å². The summed E-state index contributed by atoms with van der Waals surface area (Å²) in [6.45, 7) is 3.56. The molecule has 0 radical (unpaired) electrons. The summed E-state index contributed by atoms with van der Waals surface area (Å²) in [5.41, 5.74) is 4.57. The van der Waals surface area contributed by atoms with E-state index in [2.05, 4.69) is 9.97 Å². The zero-order valence-corrected chi connectivity index (χ0v) is 19.7. The maximum atomic E-state index is 13.6. The Morgan fingerprint density at radius 2 is 1.78 bits per heavy atom. The van der Waals surface area contributed by atoms with E-state index in [4.69, 9.17) is 4.42 Å². The Hall–Kier alpha value is -4.56. The van der Waals surface area contributed by atoms with E-state index in [0.717, 1.165) is 22.2 Å². The smallest absolute Gasteiger partial charge is 0.372 e. The highest BCUT2D eigenvalue weighted by atomic mass is 16.4. The molecule has 0 aliphatic rings. The van der Waals surface area contributed by atoms with Gasteiger partial charge in [0.1, 0.15) is 0 Å². The SMILES string of the molecule is CC(=CCc1cccc2c(C(=O)c3oc(C(=O)O)c(-c4c(C)[nH]c5ccccc45)c3O)c[nH]c12)CO. The Bertz CT molecular complexity index is 1680. The Kier molecular flexibility index (Phi) is 5.74. The summed E-state index contributed by atoms with van der Waals surface area (Å²) in [5, 5.41) is 31.6. The van der Waals surface area contributed by atoms with Crippen molar-refractivity contribution in [2.45, 2.75) is 20.3 Å². The highest BCUT2D eigenvalue weighted by molar-refractivity contribution is 6.18. The normalized spacial score (nSPS) is 12.0. The van der Waals surface area contributed by atoms with Crippen LogP contribution in [0.5, 0.6) is 5.75 Å². The summed E-state index contributed by atoms with van der Waals surface area (Å²) in [6.07, 6.45) is 3.99. The summed E-state index contributed by atoms with van der Waals surface area (Å²) in [6, 6.07) is 12.8. The molecule has 0 bridgehead atoms. The lowest BCUT2D eigenvalue weighted by Gasteiger charge is -2.03. The number of aromatic hydroxyl groups is 1. The zero-order valence-electron chi connectivity index (χ0n) is 19.7. The number of rotatable bonds is 7. The van der Waals surface area contributed by atoms with E-state index >= 15 is 0 Å². The summed E-state index contributed by atoms with van der Waals surface area (Å²) in [4.78, 5) is 31.9. The number of fused-ring (bicyclic) bond motifs is 2. The van der Waals surface area contributed by atoms with E-state index in [9.17, 15) is 24.9 Å². The molecule has 0 spiro atoms. The van der Waals surface area contributed by atoms with Gasteiger partial charge in [0, 0.05) is 39.3 Å². The van der Waals surface area contributed by atoms with E-state index in [1.54, 1.807) is 13.0 Å². The summed E-state index contributed by atoms with van der Waals surface area (Å²) >= 11 is 0. The van der Waals surface area contributed by atoms with Crippen LogP contribution in [0.4, 0.5) is 0 Å². The van der Waals surface area contributed by atoms with Crippen molar-refractivity contribution in [1.29, 1.82) is 0 Å². The molecular weight excluding hydrogens is 460 g/mol. The van der Waals surface area contributed by atoms with Crippen LogP contribution in [0.15, 0.2) is 64.7 Å². The minimum Gasteiger partial charge on any atom is -0.504 e. The molecule has 8 nitrogen and oxygen atoms in total. The molecule has 0 aliphatic heterocycles. The summed E-state index contributed by atoms with van der Waals surface area (Å²) < 4.78 is 5.53. The second-order valence-corrected chi connectivity index (χ2v) is 8.74. The Balaban J connectivity index is 1.64. The minimum atomic E-state index is -1.39. The van der Waals surface area contributed by atoms with Crippen LogP contribution in [-0.4, -0.2) is 43.6 Å². The molecule has 0 aliphatic carbocycles. The fourth-order valence-corrected chi connectivity index (χ4v) is 4.60. The lowest BCUT2D eigenvalue weighted by molar-refractivity contribution is 0.0661. The van der Waals surface area contributed by atoms with Crippen molar-refractivity contribution in [1.82, 2.24) is 9.97 Å². The number of aromatic carboxylic acids is 1. The number of ketones is 1. The monoisotopic (exact) mass is 484 g/mol. The number of carbonyl (C=O) groups excluding carboxylic acids is 1. The molecule has 5 rings (SSSR count). The number of aryl methyl sites for hydroxylation is 1. The van der Waals surface area contributed by atoms with Crippen LogP contribution in [0.3, 0.4) is 0 Å². The van der Waals surface area contributed by atoms with Crippen molar-refractivity contribution in [3.63, 3.8) is 0 Å². The van der Waals surface area contributed by atoms with Gasteiger partial charge in [-0.2, -0.15) is 0 Å². The number of aromatic nitrogens is 2. The van der Waals surface area contributed by atoms with Crippen LogP contribution in [-0.2, 0) is 6.42 Å².